The molecule has 1 rings (SSSR count). The second kappa shape index (κ2) is 3.40. The number of nitrogens with zero attached hydrogens (tertiary/aromatic N) is 1. The molecule has 1 aromatic rings. The van der Waals surface area contributed by atoms with Gasteiger partial charge in [-0.25, -0.2) is 0 Å². The predicted octanol–water partition coefficient (Wildman–Crippen LogP) is 2.61. The maximum Gasteiger partial charge on any atom is 0.416 e. The van der Waals surface area contributed by atoms with Gasteiger partial charge in [0.05, 0.1) is 5.56 Å². The number of hydrogen-bond acceptors (Lipinski definition) is 2. The summed E-state index contributed by atoms with van der Waals surface area (Å²) in [6, 6.07) is 1.67. The minimum atomic E-state index is -4.43. The van der Waals surface area contributed by atoms with E-state index in [0.29, 0.717) is 0 Å². The molecule has 0 amide bonds. The van der Waals surface area contributed by atoms with E-state index in [4.69, 9.17) is 0 Å². The maximum absolute atomic E-state index is 12.3. The lowest BCUT2D eigenvalue weighted by atomic mass is 10.1. The molecule has 1 heterocycles. The van der Waals surface area contributed by atoms with Crippen molar-refractivity contribution in [2.75, 3.05) is 0 Å². The highest BCUT2D eigenvalue weighted by Gasteiger charge is 2.31. The van der Waals surface area contributed by atoms with Gasteiger partial charge in [0.15, 0.2) is 5.78 Å². The summed E-state index contributed by atoms with van der Waals surface area (Å²) < 4.78 is 36.8. The summed E-state index contributed by atoms with van der Waals surface area (Å²) in [4.78, 5) is 14.5. The van der Waals surface area contributed by atoms with Gasteiger partial charge in [-0.2, -0.15) is 13.2 Å². The Hall–Kier alpha value is -1.39. The second-order valence-corrected chi connectivity index (χ2v) is 2.94. The van der Waals surface area contributed by atoms with E-state index in [9.17, 15) is 18.0 Å². The van der Waals surface area contributed by atoms with E-state index in [1.54, 1.807) is 0 Å². The van der Waals surface area contributed by atoms with Crippen molar-refractivity contribution in [2.45, 2.75) is 20.0 Å². The van der Waals surface area contributed by atoms with Gasteiger partial charge in [0.25, 0.3) is 0 Å². The van der Waals surface area contributed by atoms with Gasteiger partial charge < -0.3 is 0 Å². The van der Waals surface area contributed by atoms with Crippen LogP contribution in [0.25, 0.3) is 0 Å². The molecule has 76 valence electrons. The Morgan fingerprint density at radius 1 is 1.36 bits per heavy atom. The molecule has 0 fully saturated rings. The third-order valence-corrected chi connectivity index (χ3v) is 1.64. The average Bonchev–Trinajstić information content (AvgIpc) is 2.01. The number of aromatic nitrogens is 1. The first-order valence-corrected chi connectivity index (χ1v) is 3.87. The molecular weight excluding hydrogens is 195 g/mol. The predicted molar refractivity (Wildman–Crippen MR) is 44.0 cm³/mol. The van der Waals surface area contributed by atoms with Gasteiger partial charge in [-0.3, -0.25) is 9.78 Å². The van der Waals surface area contributed by atoms with Crippen molar-refractivity contribution < 1.29 is 18.0 Å². The van der Waals surface area contributed by atoms with E-state index < -0.39 is 17.5 Å². The quantitative estimate of drug-likeness (QED) is 0.656. The van der Waals surface area contributed by atoms with Crippen molar-refractivity contribution in [2.24, 2.45) is 0 Å². The fourth-order valence-corrected chi connectivity index (χ4v) is 1.01. The third kappa shape index (κ3) is 2.31. The zero-order valence-corrected chi connectivity index (χ0v) is 7.64. The van der Waals surface area contributed by atoms with Crippen molar-refractivity contribution in [3.8, 4) is 0 Å². The summed E-state index contributed by atoms with van der Waals surface area (Å²) >= 11 is 0. The van der Waals surface area contributed by atoms with E-state index in [1.165, 1.54) is 13.8 Å². The molecule has 0 N–H and O–H groups in total. The third-order valence-electron chi connectivity index (χ3n) is 1.64. The van der Waals surface area contributed by atoms with E-state index in [1.807, 2.05) is 0 Å². The average molecular weight is 203 g/mol. The largest absolute Gasteiger partial charge is 0.416 e. The summed E-state index contributed by atoms with van der Waals surface area (Å²) in [5.74, 6) is -0.473. The Morgan fingerprint density at radius 2 is 1.93 bits per heavy atom. The van der Waals surface area contributed by atoms with Crippen molar-refractivity contribution in [1.29, 1.82) is 0 Å². The fraction of sp³-hybridized carbons (Fsp3) is 0.333. The SMILES string of the molecule is CC(=O)c1cc(C(F)(F)F)cc(C)n1. The van der Waals surface area contributed by atoms with Crippen LogP contribution in [-0.2, 0) is 6.18 Å². The fourth-order valence-electron chi connectivity index (χ4n) is 1.01. The molecular formula is C9H8F3NO. The van der Waals surface area contributed by atoms with Gasteiger partial charge in [-0.05, 0) is 19.1 Å². The molecule has 2 nitrogen and oxygen atoms in total. The molecule has 0 aromatic carbocycles. The zero-order chi connectivity index (χ0) is 10.9. The lowest BCUT2D eigenvalue weighted by Crippen LogP contribution is -2.09. The van der Waals surface area contributed by atoms with Crippen LogP contribution in [0.15, 0.2) is 12.1 Å². The first kappa shape index (κ1) is 10.7. The number of carbonyl (C=O) groups excluding carboxylic acids is 1. The molecule has 0 unspecified atom stereocenters. The monoisotopic (exact) mass is 203 g/mol. The number of Topliss-reactive ketones (excluding diaryl/α,β-unsaturated/α-hetero) is 1. The Bertz CT molecular complexity index is 371. The van der Waals surface area contributed by atoms with E-state index in [0.717, 1.165) is 12.1 Å². The van der Waals surface area contributed by atoms with Crippen LogP contribution in [0.2, 0.25) is 0 Å². The molecule has 0 aliphatic rings. The summed E-state index contributed by atoms with van der Waals surface area (Å²) in [5, 5.41) is 0. The molecule has 0 bridgehead atoms. The Morgan fingerprint density at radius 3 is 2.36 bits per heavy atom. The first-order valence-electron chi connectivity index (χ1n) is 3.87. The molecule has 0 atom stereocenters. The van der Waals surface area contributed by atoms with Gasteiger partial charge in [0.1, 0.15) is 5.69 Å². The van der Waals surface area contributed by atoms with Crippen molar-refractivity contribution in [1.82, 2.24) is 4.98 Å². The number of hydrogen-bond donors (Lipinski definition) is 0. The van der Waals surface area contributed by atoms with Gasteiger partial charge in [-0.15, -0.1) is 0 Å². The minimum Gasteiger partial charge on any atom is -0.293 e. The van der Waals surface area contributed by atoms with Gasteiger partial charge >= 0.3 is 6.18 Å². The highest BCUT2D eigenvalue weighted by atomic mass is 19.4. The maximum atomic E-state index is 12.3. The molecule has 0 aliphatic heterocycles. The summed E-state index contributed by atoms with van der Waals surface area (Å²) in [6.07, 6.45) is -4.43. The number of aryl methyl sites for hydroxylation is 1. The molecule has 0 spiro atoms. The van der Waals surface area contributed by atoms with Crippen molar-refractivity contribution in [3.63, 3.8) is 0 Å². The molecule has 0 saturated heterocycles. The minimum absolute atomic E-state index is 0.155. The Kier molecular flexibility index (Phi) is 2.59. The number of carbonyl (C=O) groups is 1. The molecule has 0 saturated carbocycles. The van der Waals surface area contributed by atoms with Crippen LogP contribution < -0.4 is 0 Å². The standard InChI is InChI=1S/C9H8F3NO/c1-5-3-7(9(10,11)12)4-8(13-5)6(2)14/h3-4H,1-2H3. The van der Waals surface area contributed by atoms with Crippen LogP contribution in [0.3, 0.4) is 0 Å². The Balaban J connectivity index is 3.28. The smallest absolute Gasteiger partial charge is 0.293 e. The highest BCUT2D eigenvalue weighted by Crippen LogP contribution is 2.29. The number of ketones is 1. The summed E-state index contributed by atoms with van der Waals surface area (Å²) in [5.41, 5.74) is -0.808. The van der Waals surface area contributed by atoms with Crippen LogP contribution in [0.5, 0.6) is 0 Å². The van der Waals surface area contributed by atoms with E-state index >= 15 is 0 Å². The van der Waals surface area contributed by atoms with Gasteiger partial charge in [0.2, 0.25) is 0 Å². The topological polar surface area (TPSA) is 30.0 Å². The highest BCUT2D eigenvalue weighted by molar-refractivity contribution is 5.92. The summed E-state index contributed by atoms with van der Waals surface area (Å²) in [7, 11) is 0. The molecule has 0 radical (unpaired) electrons. The van der Waals surface area contributed by atoms with Crippen LogP contribution in [0.1, 0.15) is 28.7 Å². The molecule has 14 heavy (non-hydrogen) atoms. The number of rotatable bonds is 1. The van der Waals surface area contributed by atoms with E-state index in [2.05, 4.69) is 4.98 Å². The molecule has 1 aromatic heterocycles. The summed E-state index contributed by atoms with van der Waals surface area (Å²) in [6.45, 7) is 2.60. The zero-order valence-electron chi connectivity index (χ0n) is 7.64. The van der Waals surface area contributed by atoms with Gasteiger partial charge in [-0.1, -0.05) is 0 Å². The number of pyridine rings is 1. The van der Waals surface area contributed by atoms with Crippen LogP contribution in [-0.4, -0.2) is 10.8 Å². The van der Waals surface area contributed by atoms with Gasteiger partial charge in [0, 0.05) is 12.6 Å². The molecule has 5 heteroatoms. The number of alkyl halides is 3. The van der Waals surface area contributed by atoms with Crippen LogP contribution >= 0.6 is 0 Å². The first-order chi connectivity index (χ1) is 6.30. The van der Waals surface area contributed by atoms with Crippen LogP contribution in [0, 0.1) is 6.92 Å². The van der Waals surface area contributed by atoms with Crippen molar-refractivity contribution >= 4 is 5.78 Å². The van der Waals surface area contributed by atoms with Crippen LogP contribution in [0.4, 0.5) is 13.2 Å². The van der Waals surface area contributed by atoms with E-state index in [-0.39, 0.29) is 11.4 Å². The Labute approximate surface area is 78.8 Å². The lowest BCUT2D eigenvalue weighted by molar-refractivity contribution is -0.137. The van der Waals surface area contributed by atoms with Crippen molar-refractivity contribution in [3.05, 3.63) is 29.1 Å². The number of halogens is 3. The molecule has 0 aliphatic carbocycles. The second-order valence-electron chi connectivity index (χ2n) is 2.94. The normalized spacial score (nSPS) is 11.5. The lowest BCUT2D eigenvalue weighted by Gasteiger charge is -2.08.